The van der Waals surface area contributed by atoms with Crippen LogP contribution >= 0.6 is 11.8 Å². The van der Waals surface area contributed by atoms with Gasteiger partial charge in [-0.15, -0.1) is 0 Å². The summed E-state index contributed by atoms with van der Waals surface area (Å²) in [6.07, 6.45) is 3.27. The van der Waals surface area contributed by atoms with Gasteiger partial charge in [-0.25, -0.2) is 4.79 Å². The molecule has 1 aliphatic rings. The van der Waals surface area contributed by atoms with Crippen LogP contribution in [0.5, 0.6) is 0 Å². The molecule has 0 aromatic carbocycles. The number of rotatable bonds is 15. The van der Waals surface area contributed by atoms with Gasteiger partial charge < -0.3 is 31.5 Å². The van der Waals surface area contributed by atoms with Gasteiger partial charge in [0.05, 0.1) is 6.04 Å². The largest absolute Gasteiger partial charge is 0.481 e. The third-order valence-corrected chi connectivity index (χ3v) is 5.87. The monoisotopic (exact) mass is 488 g/mol. The SMILES string of the molecule is CSCCC(NC(=O)C(CCC(=O)O)NC(=O)C1CCCN1)C(=O)NC(CC(C)C)C(=O)O. The van der Waals surface area contributed by atoms with E-state index in [1.54, 1.807) is 0 Å². The Kier molecular flexibility index (Phi) is 12.8. The van der Waals surface area contributed by atoms with Crippen LogP contribution in [0.3, 0.4) is 0 Å². The molecule has 12 heteroatoms. The molecule has 1 aliphatic heterocycles. The van der Waals surface area contributed by atoms with Gasteiger partial charge in [-0.1, -0.05) is 13.8 Å². The number of thioether (sulfide) groups is 1. The lowest BCUT2D eigenvalue weighted by Gasteiger charge is -2.25. The van der Waals surface area contributed by atoms with E-state index in [9.17, 15) is 29.1 Å². The second kappa shape index (κ2) is 14.7. The zero-order chi connectivity index (χ0) is 25.0. The molecule has 188 valence electrons. The number of nitrogens with one attached hydrogen (secondary N) is 4. The Morgan fingerprint density at radius 2 is 1.58 bits per heavy atom. The van der Waals surface area contributed by atoms with Crippen LogP contribution in [0, 0.1) is 5.92 Å². The van der Waals surface area contributed by atoms with Crippen molar-refractivity contribution in [1.82, 2.24) is 21.3 Å². The van der Waals surface area contributed by atoms with Gasteiger partial charge >= 0.3 is 11.9 Å². The van der Waals surface area contributed by atoms with Gasteiger partial charge in [0.25, 0.3) is 0 Å². The molecule has 0 aromatic rings. The Labute approximate surface area is 198 Å². The van der Waals surface area contributed by atoms with Crippen LogP contribution < -0.4 is 21.3 Å². The first-order valence-corrected chi connectivity index (χ1v) is 12.5. The first-order chi connectivity index (χ1) is 15.5. The van der Waals surface area contributed by atoms with E-state index in [0.29, 0.717) is 18.7 Å². The van der Waals surface area contributed by atoms with Crippen molar-refractivity contribution in [2.75, 3.05) is 18.6 Å². The highest BCUT2D eigenvalue weighted by Crippen LogP contribution is 2.09. The van der Waals surface area contributed by atoms with Crippen LogP contribution in [0.25, 0.3) is 0 Å². The molecular formula is C21H36N4O7S. The Morgan fingerprint density at radius 1 is 0.970 bits per heavy atom. The summed E-state index contributed by atoms with van der Waals surface area (Å²) in [5.74, 6) is -3.43. The third kappa shape index (κ3) is 10.9. The van der Waals surface area contributed by atoms with Crippen molar-refractivity contribution in [2.24, 2.45) is 5.92 Å². The van der Waals surface area contributed by atoms with Gasteiger partial charge in [-0.2, -0.15) is 11.8 Å². The minimum Gasteiger partial charge on any atom is -0.481 e. The van der Waals surface area contributed by atoms with E-state index in [1.165, 1.54) is 11.8 Å². The summed E-state index contributed by atoms with van der Waals surface area (Å²) in [4.78, 5) is 60.8. The fraction of sp³-hybridized carbons (Fsp3) is 0.762. The average molecular weight is 489 g/mol. The van der Waals surface area contributed by atoms with Crippen LogP contribution in [0.1, 0.15) is 52.4 Å². The van der Waals surface area contributed by atoms with Gasteiger partial charge in [0.15, 0.2) is 0 Å². The van der Waals surface area contributed by atoms with Crippen molar-refractivity contribution >= 4 is 41.4 Å². The number of hydrogen-bond acceptors (Lipinski definition) is 7. The maximum Gasteiger partial charge on any atom is 0.326 e. The smallest absolute Gasteiger partial charge is 0.326 e. The zero-order valence-corrected chi connectivity index (χ0v) is 20.2. The summed E-state index contributed by atoms with van der Waals surface area (Å²) in [5.41, 5.74) is 0. The zero-order valence-electron chi connectivity index (χ0n) is 19.4. The highest BCUT2D eigenvalue weighted by molar-refractivity contribution is 7.98. The van der Waals surface area contributed by atoms with Crippen molar-refractivity contribution in [3.8, 4) is 0 Å². The highest BCUT2D eigenvalue weighted by Gasteiger charge is 2.31. The maximum atomic E-state index is 12.9. The highest BCUT2D eigenvalue weighted by atomic mass is 32.2. The van der Waals surface area contributed by atoms with E-state index < -0.39 is 53.8 Å². The molecule has 33 heavy (non-hydrogen) atoms. The van der Waals surface area contributed by atoms with Crippen molar-refractivity contribution < 1.29 is 34.2 Å². The topological polar surface area (TPSA) is 174 Å². The molecular weight excluding hydrogens is 452 g/mol. The fourth-order valence-corrected chi connectivity index (χ4v) is 3.93. The van der Waals surface area contributed by atoms with Crippen LogP contribution in [0.15, 0.2) is 0 Å². The molecule has 0 radical (unpaired) electrons. The minimum absolute atomic E-state index is 0.0328. The molecule has 0 bridgehead atoms. The number of amides is 3. The summed E-state index contributed by atoms with van der Waals surface area (Å²) in [6.45, 7) is 4.36. The number of carbonyl (C=O) groups is 5. The first kappa shape index (κ1) is 28.7. The van der Waals surface area contributed by atoms with Crippen LogP contribution in [-0.4, -0.2) is 82.6 Å². The first-order valence-electron chi connectivity index (χ1n) is 11.1. The van der Waals surface area contributed by atoms with Crippen LogP contribution in [-0.2, 0) is 24.0 Å². The van der Waals surface area contributed by atoms with Crippen molar-refractivity contribution in [3.05, 3.63) is 0 Å². The summed E-state index contributed by atoms with van der Waals surface area (Å²) >= 11 is 1.46. The quantitative estimate of drug-likeness (QED) is 0.184. The second-order valence-electron chi connectivity index (χ2n) is 8.51. The lowest BCUT2D eigenvalue weighted by Crippen LogP contribution is -2.57. The summed E-state index contributed by atoms with van der Waals surface area (Å²) in [7, 11) is 0. The summed E-state index contributed by atoms with van der Waals surface area (Å²) < 4.78 is 0. The van der Waals surface area contributed by atoms with Crippen LogP contribution in [0.4, 0.5) is 0 Å². The van der Waals surface area contributed by atoms with Gasteiger partial charge in [0.2, 0.25) is 17.7 Å². The van der Waals surface area contributed by atoms with Gasteiger partial charge in [-0.05, 0) is 56.6 Å². The third-order valence-electron chi connectivity index (χ3n) is 5.22. The molecule has 4 unspecified atom stereocenters. The van der Waals surface area contributed by atoms with Crippen molar-refractivity contribution in [2.45, 2.75) is 76.5 Å². The Bertz CT molecular complexity index is 698. The van der Waals surface area contributed by atoms with Gasteiger partial charge in [0.1, 0.15) is 18.1 Å². The second-order valence-corrected chi connectivity index (χ2v) is 9.50. The molecule has 11 nitrogen and oxygen atoms in total. The molecule has 1 heterocycles. The molecule has 0 aromatic heterocycles. The molecule has 3 amide bonds. The number of hydrogen-bond donors (Lipinski definition) is 6. The molecule has 0 saturated carbocycles. The van der Waals surface area contributed by atoms with E-state index >= 15 is 0 Å². The lowest BCUT2D eigenvalue weighted by molar-refractivity contribution is -0.142. The molecule has 4 atom stereocenters. The predicted octanol–water partition coefficient (Wildman–Crippen LogP) is -0.0586. The number of carbonyl (C=O) groups excluding carboxylic acids is 3. The summed E-state index contributed by atoms with van der Waals surface area (Å²) in [5, 5.41) is 29.1. The Morgan fingerprint density at radius 3 is 2.06 bits per heavy atom. The van der Waals surface area contributed by atoms with Crippen LogP contribution in [0.2, 0.25) is 0 Å². The minimum atomic E-state index is -1.16. The van der Waals surface area contributed by atoms with E-state index in [4.69, 9.17) is 5.11 Å². The maximum absolute atomic E-state index is 12.9. The summed E-state index contributed by atoms with van der Waals surface area (Å²) in [6, 6.07) is -3.70. The van der Waals surface area contributed by atoms with Gasteiger partial charge in [0, 0.05) is 6.42 Å². The standard InChI is InChI=1S/C21H36N4O7S/c1-12(2)11-16(21(31)32)25-20(30)15(8-10-33-3)24-19(29)14(6-7-17(26)27)23-18(28)13-5-4-9-22-13/h12-16,22H,4-11H2,1-3H3,(H,23,28)(H,24,29)(H,25,30)(H,26,27)(H,31,32). The average Bonchev–Trinajstić information content (AvgIpc) is 3.27. The fourth-order valence-electron chi connectivity index (χ4n) is 3.46. The Balaban J connectivity index is 2.91. The molecule has 6 N–H and O–H groups in total. The number of carboxylic acids is 2. The van der Waals surface area contributed by atoms with E-state index in [1.807, 2.05) is 20.1 Å². The number of carboxylic acid groups (broad SMARTS) is 2. The van der Waals surface area contributed by atoms with E-state index in [-0.39, 0.29) is 31.6 Å². The molecule has 0 aliphatic carbocycles. The lowest BCUT2D eigenvalue weighted by atomic mass is 10.0. The number of aliphatic carboxylic acids is 2. The molecule has 1 saturated heterocycles. The van der Waals surface area contributed by atoms with Gasteiger partial charge in [-0.3, -0.25) is 19.2 Å². The van der Waals surface area contributed by atoms with E-state index in [2.05, 4.69) is 21.3 Å². The van der Waals surface area contributed by atoms with Crippen molar-refractivity contribution in [3.63, 3.8) is 0 Å². The Hall–Kier alpha value is -2.34. The van der Waals surface area contributed by atoms with E-state index in [0.717, 1.165) is 6.42 Å². The molecule has 0 spiro atoms. The molecule has 1 fully saturated rings. The molecule has 1 rings (SSSR count). The normalized spacial score (nSPS) is 18.2. The van der Waals surface area contributed by atoms with Crippen molar-refractivity contribution in [1.29, 1.82) is 0 Å². The predicted molar refractivity (Wildman–Crippen MR) is 124 cm³/mol.